The maximum atomic E-state index is 11.4. The molecule has 0 radical (unpaired) electrons. The standard InChI is InChI=1S/C21H23ClN4O2S2/c1-13-17(29-14(2)25-13)11-26(19-9-18(22)23-12-24-19)10-15-5-7-16(8-6-15)30-21(3,4)20(27)28/h5-9,12H,10-11H2,1-4H3,(H,27,28). The van der Waals surface area contributed by atoms with Crippen LogP contribution in [0.3, 0.4) is 0 Å². The minimum Gasteiger partial charge on any atom is -0.480 e. The zero-order valence-electron chi connectivity index (χ0n) is 17.2. The lowest BCUT2D eigenvalue weighted by Crippen LogP contribution is -2.26. The van der Waals surface area contributed by atoms with Crippen molar-refractivity contribution in [1.82, 2.24) is 15.0 Å². The number of aryl methyl sites for hydroxylation is 2. The third kappa shape index (κ3) is 5.71. The molecule has 1 aromatic carbocycles. The predicted octanol–water partition coefficient (Wildman–Crippen LogP) is 5.37. The van der Waals surface area contributed by atoms with E-state index in [9.17, 15) is 9.90 Å². The van der Waals surface area contributed by atoms with Crippen LogP contribution in [0.1, 0.15) is 35.0 Å². The summed E-state index contributed by atoms with van der Waals surface area (Å²) in [7, 11) is 0. The molecule has 0 atom stereocenters. The molecule has 1 N–H and O–H groups in total. The summed E-state index contributed by atoms with van der Waals surface area (Å²) in [6.45, 7) is 8.70. The largest absolute Gasteiger partial charge is 0.480 e. The molecule has 0 aliphatic rings. The molecule has 9 heteroatoms. The Hall–Kier alpha value is -2.16. The van der Waals surface area contributed by atoms with Gasteiger partial charge in [-0.3, -0.25) is 4.79 Å². The Balaban J connectivity index is 1.82. The first-order valence-electron chi connectivity index (χ1n) is 9.31. The zero-order chi connectivity index (χ0) is 21.9. The lowest BCUT2D eigenvalue weighted by Gasteiger charge is -2.24. The first-order valence-corrected chi connectivity index (χ1v) is 11.3. The Labute approximate surface area is 189 Å². The predicted molar refractivity (Wildman–Crippen MR) is 123 cm³/mol. The van der Waals surface area contributed by atoms with Crippen LogP contribution >= 0.6 is 34.7 Å². The van der Waals surface area contributed by atoms with Crippen molar-refractivity contribution in [1.29, 1.82) is 0 Å². The molecule has 0 amide bonds. The Kier molecular flexibility index (Phi) is 7.00. The summed E-state index contributed by atoms with van der Waals surface area (Å²) in [5.41, 5.74) is 2.10. The van der Waals surface area contributed by atoms with Gasteiger partial charge in [0.2, 0.25) is 0 Å². The Morgan fingerprint density at radius 1 is 1.20 bits per heavy atom. The molecule has 0 saturated heterocycles. The summed E-state index contributed by atoms with van der Waals surface area (Å²) in [4.78, 5) is 28.5. The number of hydrogen-bond acceptors (Lipinski definition) is 7. The van der Waals surface area contributed by atoms with Gasteiger partial charge in [0.15, 0.2) is 0 Å². The highest BCUT2D eigenvalue weighted by atomic mass is 35.5. The van der Waals surface area contributed by atoms with E-state index in [4.69, 9.17) is 11.6 Å². The number of nitrogens with zero attached hydrogens (tertiary/aromatic N) is 4. The molecule has 158 valence electrons. The molecule has 0 saturated carbocycles. The zero-order valence-corrected chi connectivity index (χ0v) is 19.6. The van der Waals surface area contributed by atoms with E-state index in [2.05, 4.69) is 19.9 Å². The van der Waals surface area contributed by atoms with Gasteiger partial charge in [-0.05, 0) is 45.4 Å². The fourth-order valence-electron chi connectivity index (χ4n) is 2.83. The number of carboxylic acid groups (broad SMARTS) is 1. The highest BCUT2D eigenvalue weighted by Gasteiger charge is 2.28. The van der Waals surface area contributed by atoms with E-state index < -0.39 is 10.7 Å². The van der Waals surface area contributed by atoms with Gasteiger partial charge in [0.25, 0.3) is 0 Å². The van der Waals surface area contributed by atoms with Crippen molar-refractivity contribution >= 4 is 46.5 Å². The number of halogens is 1. The Bertz CT molecular complexity index is 1040. The van der Waals surface area contributed by atoms with E-state index in [0.717, 1.165) is 27.0 Å². The van der Waals surface area contributed by atoms with Gasteiger partial charge >= 0.3 is 5.97 Å². The molecule has 3 aromatic rings. The lowest BCUT2D eigenvalue weighted by molar-refractivity contribution is -0.138. The average molecular weight is 463 g/mol. The van der Waals surface area contributed by atoms with Crippen molar-refractivity contribution in [2.24, 2.45) is 0 Å². The van der Waals surface area contributed by atoms with Crippen molar-refractivity contribution in [2.45, 2.75) is 50.4 Å². The lowest BCUT2D eigenvalue weighted by atomic mass is 10.2. The number of hydrogen-bond donors (Lipinski definition) is 1. The number of aromatic nitrogens is 3. The molecule has 0 fully saturated rings. The number of carbonyl (C=O) groups is 1. The molecule has 0 bridgehead atoms. The van der Waals surface area contributed by atoms with Gasteiger partial charge in [0, 0.05) is 22.4 Å². The van der Waals surface area contributed by atoms with Gasteiger partial charge < -0.3 is 10.0 Å². The van der Waals surface area contributed by atoms with Crippen LogP contribution in [0.25, 0.3) is 0 Å². The number of thioether (sulfide) groups is 1. The number of benzene rings is 1. The summed E-state index contributed by atoms with van der Waals surface area (Å²) in [6.07, 6.45) is 1.46. The topological polar surface area (TPSA) is 79.2 Å². The molecule has 2 aromatic heterocycles. The van der Waals surface area contributed by atoms with Gasteiger partial charge in [-0.1, -0.05) is 23.7 Å². The van der Waals surface area contributed by atoms with E-state index in [1.54, 1.807) is 31.3 Å². The average Bonchev–Trinajstić information content (AvgIpc) is 2.99. The van der Waals surface area contributed by atoms with Crippen molar-refractivity contribution < 1.29 is 9.90 Å². The smallest absolute Gasteiger partial charge is 0.319 e. The summed E-state index contributed by atoms with van der Waals surface area (Å²) in [5.74, 6) is -0.0930. The third-order valence-corrected chi connectivity index (χ3v) is 6.92. The molecular weight excluding hydrogens is 440 g/mol. The number of thiazole rings is 1. The molecule has 2 heterocycles. The van der Waals surface area contributed by atoms with Crippen molar-refractivity contribution in [3.8, 4) is 0 Å². The number of carboxylic acids is 1. The van der Waals surface area contributed by atoms with Crippen LogP contribution in [0.5, 0.6) is 0 Å². The van der Waals surface area contributed by atoms with E-state index in [-0.39, 0.29) is 0 Å². The van der Waals surface area contributed by atoms with E-state index in [0.29, 0.717) is 18.2 Å². The highest BCUT2D eigenvalue weighted by molar-refractivity contribution is 8.01. The quantitative estimate of drug-likeness (QED) is 0.356. The van der Waals surface area contributed by atoms with Crippen LogP contribution in [-0.2, 0) is 17.9 Å². The SMILES string of the molecule is Cc1nc(C)c(CN(Cc2ccc(SC(C)(C)C(=O)O)cc2)c2cc(Cl)ncn2)s1. The summed E-state index contributed by atoms with van der Waals surface area (Å²) in [5, 5.41) is 10.8. The molecule has 3 rings (SSSR count). The minimum atomic E-state index is -0.882. The fourth-order valence-corrected chi connectivity index (χ4v) is 4.87. The Morgan fingerprint density at radius 3 is 2.47 bits per heavy atom. The molecule has 0 spiro atoms. The minimum absolute atomic E-state index is 0.393. The van der Waals surface area contributed by atoms with E-state index >= 15 is 0 Å². The van der Waals surface area contributed by atoms with Gasteiger partial charge in [0.1, 0.15) is 22.0 Å². The normalized spacial score (nSPS) is 11.5. The molecule has 0 unspecified atom stereocenters. The number of rotatable bonds is 8. The van der Waals surface area contributed by atoms with Crippen LogP contribution < -0.4 is 4.90 Å². The molecular formula is C21H23ClN4O2S2. The van der Waals surface area contributed by atoms with Crippen molar-refractivity contribution in [3.05, 3.63) is 63.0 Å². The van der Waals surface area contributed by atoms with Crippen LogP contribution in [0.15, 0.2) is 41.6 Å². The maximum Gasteiger partial charge on any atom is 0.319 e. The second-order valence-corrected chi connectivity index (χ2v) is 10.7. The molecule has 0 aliphatic carbocycles. The first kappa shape index (κ1) is 22.5. The second-order valence-electron chi connectivity index (χ2n) is 7.36. The fraction of sp³-hybridized carbons (Fsp3) is 0.333. The highest BCUT2D eigenvalue weighted by Crippen LogP contribution is 2.33. The summed E-state index contributed by atoms with van der Waals surface area (Å²) in [6, 6.07) is 9.70. The summed E-state index contributed by atoms with van der Waals surface area (Å²) >= 11 is 9.10. The van der Waals surface area contributed by atoms with Gasteiger partial charge in [-0.25, -0.2) is 15.0 Å². The monoisotopic (exact) mass is 462 g/mol. The number of anilines is 1. The number of aliphatic carboxylic acids is 1. The van der Waals surface area contributed by atoms with Crippen LogP contribution in [0, 0.1) is 13.8 Å². The van der Waals surface area contributed by atoms with E-state index in [1.165, 1.54) is 23.0 Å². The van der Waals surface area contributed by atoms with Crippen molar-refractivity contribution in [2.75, 3.05) is 4.90 Å². The molecule has 30 heavy (non-hydrogen) atoms. The first-order chi connectivity index (χ1) is 14.1. The summed E-state index contributed by atoms with van der Waals surface area (Å²) < 4.78 is -0.882. The van der Waals surface area contributed by atoms with Crippen LogP contribution in [-0.4, -0.2) is 30.8 Å². The van der Waals surface area contributed by atoms with Gasteiger partial charge in [0.05, 0.1) is 17.2 Å². The second kappa shape index (κ2) is 9.32. The van der Waals surface area contributed by atoms with Gasteiger partial charge in [-0.15, -0.1) is 23.1 Å². The van der Waals surface area contributed by atoms with Crippen molar-refractivity contribution in [3.63, 3.8) is 0 Å². The molecule has 0 aliphatic heterocycles. The molecule has 6 nitrogen and oxygen atoms in total. The maximum absolute atomic E-state index is 11.4. The Morgan fingerprint density at radius 2 is 1.90 bits per heavy atom. The third-order valence-electron chi connectivity index (χ3n) is 4.46. The van der Waals surface area contributed by atoms with Crippen LogP contribution in [0.4, 0.5) is 5.82 Å². The van der Waals surface area contributed by atoms with Crippen LogP contribution in [0.2, 0.25) is 5.15 Å². The van der Waals surface area contributed by atoms with E-state index in [1.807, 2.05) is 38.1 Å². The van der Waals surface area contributed by atoms with Gasteiger partial charge in [-0.2, -0.15) is 0 Å².